The Hall–Kier alpha value is -10.3. The molecule has 14 aromatic rings. The van der Waals surface area contributed by atoms with Crippen molar-refractivity contribution in [3.63, 3.8) is 0 Å². The van der Waals surface area contributed by atoms with Gasteiger partial charge in [0.05, 0.1) is 22.2 Å². The van der Waals surface area contributed by atoms with Crippen LogP contribution in [0.4, 0.5) is 34.1 Å². The third kappa shape index (κ3) is 7.30. The van der Waals surface area contributed by atoms with Crippen molar-refractivity contribution in [3.8, 4) is 22.3 Å². The van der Waals surface area contributed by atoms with E-state index in [4.69, 9.17) is 0 Å². The maximum Gasteiger partial charge on any atom is 0.0714 e. The van der Waals surface area contributed by atoms with Gasteiger partial charge >= 0.3 is 0 Å². The molecule has 0 radical (unpaired) electrons. The molecule has 0 unspecified atom stereocenters. The van der Waals surface area contributed by atoms with Crippen molar-refractivity contribution >= 4 is 66.4 Å². The van der Waals surface area contributed by atoms with Crippen LogP contribution in [0.1, 0.15) is 66.8 Å². The van der Waals surface area contributed by atoms with Crippen molar-refractivity contribution in [3.05, 3.63) is 358 Å². The molecule has 0 heterocycles. The molecule has 84 heavy (non-hydrogen) atoms. The highest BCUT2D eigenvalue weighted by Gasteiger charge is 2.48. The van der Waals surface area contributed by atoms with E-state index < -0.39 is 10.8 Å². The third-order valence-electron chi connectivity index (χ3n) is 18.5. The SMILES string of the molecule is Cc1cccc(N(c2cccc(C3(c4cccc(C)c4)c4ccccc4-c4ccccc43)c2)c2ccc3ccc4c(N(c5cccc(C)c5)c5cccc(C6(c7cccc(C)c7)c7ccccc7-c7ccccc76)c5)ccc5ccc2c3c54)c1. The maximum absolute atomic E-state index is 2.51. The van der Waals surface area contributed by atoms with Gasteiger partial charge in [0.2, 0.25) is 0 Å². The van der Waals surface area contributed by atoms with Gasteiger partial charge in [0.25, 0.3) is 0 Å². The van der Waals surface area contributed by atoms with Crippen LogP contribution in [0.25, 0.3) is 54.6 Å². The second kappa shape index (κ2) is 19.2. The van der Waals surface area contributed by atoms with Gasteiger partial charge in [-0.25, -0.2) is 0 Å². The van der Waals surface area contributed by atoms with E-state index in [0.29, 0.717) is 0 Å². The van der Waals surface area contributed by atoms with Crippen LogP contribution in [0.3, 0.4) is 0 Å². The van der Waals surface area contributed by atoms with Gasteiger partial charge < -0.3 is 9.80 Å². The summed E-state index contributed by atoms with van der Waals surface area (Å²) in [6, 6.07) is 110. The minimum Gasteiger partial charge on any atom is -0.310 e. The van der Waals surface area contributed by atoms with Crippen LogP contribution >= 0.6 is 0 Å². The van der Waals surface area contributed by atoms with E-state index in [2.05, 4.69) is 329 Å². The van der Waals surface area contributed by atoms with Crippen molar-refractivity contribution in [2.24, 2.45) is 0 Å². The normalized spacial score (nSPS) is 13.4. The van der Waals surface area contributed by atoms with Crippen LogP contribution in [-0.4, -0.2) is 0 Å². The zero-order valence-corrected chi connectivity index (χ0v) is 47.6. The lowest BCUT2D eigenvalue weighted by Crippen LogP contribution is -2.29. The fraction of sp³-hybridized carbons (Fsp3) is 0.0732. The first-order valence-electron chi connectivity index (χ1n) is 29.5. The topological polar surface area (TPSA) is 6.48 Å². The third-order valence-corrected chi connectivity index (χ3v) is 18.5. The van der Waals surface area contributed by atoms with Crippen molar-refractivity contribution in [1.82, 2.24) is 0 Å². The first-order chi connectivity index (χ1) is 41.3. The molecule has 0 saturated heterocycles. The van der Waals surface area contributed by atoms with Crippen molar-refractivity contribution in [2.75, 3.05) is 9.80 Å². The second-order valence-electron chi connectivity index (χ2n) is 23.5. The number of fused-ring (bicyclic) bond motifs is 6. The molecule has 0 saturated carbocycles. The zero-order valence-electron chi connectivity index (χ0n) is 47.6. The Labute approximate surface area is 492 Å². The molecule has 0 atom stereocenters. The molecular formula is C82H60N2. The average molecular weight is 1070 g/mol. The number of hydrogen-bond donors (Lipinski definition) is 0. The molecule has 0 amide bonds. The van der Waals surface area contributed by atoms with Gasteiger partial charge in [0, 0.05) is 33.5 Å². The van der Waals surface area contributed by atoms with E-state index in [0.717, 1.165) is 34.1 Å². The Morgan fingerprint density at radius 1 is 0.238 bits per heavy atom. The lowest BCUT2D eigenvalue weighted by Gasteiger charge is -2.36. The number of anilines is 6. The van der Waals surface area contributed by atoms with Gasteiger partial charge in [-0.15, -0.1) is 0 Å². The van der Waals surface area contributed by atoms with Gasteiger partial charge in [-0.2, -0.15) is 0 Å². The number of rotatable bonds is 10. The lowest BCUT2D eigenvalue weighted by atomic mass is 9.67. The van der Waals surface area contributed by atoms with Crippen molar-refractivity contribution in [1.29, 1.82) is 0 Å². The highest BCUT2D eigenvalue weighted by Crippen LogP contribution is 2.59. The first kappa shape index (κ1) is 49.5. The van der Waals surface area contributed by atoms with Crippen LogP contribution in [0.2, 0.25) is 0 Å². The summed E-state index contributed by atoms with van der Waals surface area (Å²) in [4.78, 5) is 5.02. The molecule has 14 aromatic carbocycles. The van der Waals surface area contributed by atoms with Gasteiger partial charge in [0.15, 0.2) is 0 Å². The Bertz CT molecular complexity index is 4540. The molecule has 0 spiro atoms. The fourth-order valence-electron chi connectivity index (χ4n) is 15.1. The molecule has 0 aliphatic heterocycles. The van der Waals surface area contributed by atoms with E-state index in [1.165, 1.54) is 121 Å². The summed E-state index contributed by atoms with van der Waals surface area (Å²) in [6.07, 6.45) is 0. The van der Waals surface area contributed by atoms with Crippen molar-refractivity contribution < 1.29 is 0 Å². The highest BCUT2D eigenvalue weighted by molar-refractivity contribution is 6.28. The number of hydrogen-bond acceptors (Lipinski definition) is 2. The summed E-state index contributed by atoms with van der Waals surface area (Å²) in [6.45, 7) is 8.83. The van der Waals surface area contributed by atoms with Gasteiger partial charge in [-0.3, -0.25) is 0 Å². The summed E-state index contributed by atoms with van der Waals surface area (Å²) in [5, 5.41) is 7.32. The molecule has 0 fully saturated rings. The first-order valence-corrected chi connectivity index (χ1v) is 29.5. The predicted molar refractivity (Wildman–Crippen MR) is 353 cm³/mol. The van der Waals surface area contributed by atoms with Crippen molar-refractivity contribution in [2.45, 2.75) is 38.5 Å². The van der Waals surface area contributed by atoms with E-state index in [1.54, 1.807) is 0 Å². The largest absolute Gasteiger partial charge is 0.310 e. The average Bonchev–Trinajstić information content (AvgIpc) is 1.77. The summed E-state index contributed by atoms with van der Waals surface area (Å²) >= 11 is 0. The molecule has 0 aromatic heterocycles. The fourth-order valence-corrected chi connectivity index (χ4v) is 15.1. The molecule has 2 heteroatoms. The Balaban J connectivity index is 0.911. The number of benzene rings is 14. The van der Waals surface area contributed by atoms with E-state index in [1.807, 2.05) is 0 Å². The Morgan fingerprint density at radius 2 is 0.524 bits per heavy atom. The molecule has 0 N–H and O–H groups in total. The maximum atomic E-state index is 2.51. The van der Waals surface area contributed by atoms with Gasteiger partial charge in [-0.1, -0.05) is 242 Å². The van der Waals surface area contributed by atoms with Crippen LogP contribution in [0.5, 0.6) is 0 Å². The summed E-state index contributed by atoms with van der Waals surface area (Å²) < 4.78 is 0. The summed E-state index contributed by atoms with van der Waals surface area (Å²) in [5.41, 5.74) is 25.8. The standard InChI is InChI=1S/C82H60N2/c1-53-19-13-23-59(47-53)81(73-35-9-5-31-67(73)68-32-6-10-36-74(68)81)61-25-17-29-65(51-61)83(63-27-15-21-55(3)49-63)77-45-41-57-40-44-72-78(46-42-58-39-43-71(77)79(57)80(58)72)84(64-28-16-22-56(4)50-64)66-30-18-26-62(52-66)82(60-24-14-20-54(2)48-60)75-37-11-7-33-69(75)70-34-8-12-38-76(70)82/h5-52H,1-4H3. The monoisotopic (exact) mass is 1070 g/mol. The van der Waals surface area contributed by atoms with Crippen LogP contribution in [0, 0.1) is 27.7 Å². The quantitative estimate of drug-likeness (QED) is 0.126. The van der Waals surface area contributed by atoms with Crippen LogP contribution < -0.4 is 9.80 Å². The predicted octanol–water partition coefficient (Wildman–Crippen LogP) is 21.5. The zero-order chi connectivity index (χ0) is 56.3. The van der Waals surface area contributed by atoms with Gasteiger partial charge in [0.1, 0.15) is 0 Å². The molecular weight excluding hydrogens is 1010 g/mol. The highest BCUT2D eigenvalue weighted by atomic mass is 15.2. The van der Waals surface area contributed by atoms with E-state index >= 15 is 0 Å². The minimum absolute atomic E-state index is 0.553. The molecule has 398 valence electrons. The number of aryl methyl sites for hydroxylation is 4. The van der Waals surface area contributed by atoms with E-state index in [9.17, 15) is 0 Å². The second-order valence-corrected chi connectivity index (χ2v) is 23.5. The van der Waals surface area contributed by atoms with Gasteiger partial charge in [-0.05, 0) is 188 Å². The smallest absolute Gasteiger partial charge is 0.0714 e. The van der Waals surface area contributed by atoms with Crippen LogP contribution in [-0.2, 0) is 10.8 Å². The van der Waals surface area contributed by atoms with Crippen LogP contribution in [0.15, 0.2) is 291 Å². The molecule has 2 nitrogen and oxygen atoms in total. The molecule has 2 aliphatic carbocycles. The summed E-state index contributed by atoms with van der Waals surface area (Å²) in [5.74, 6) is 0. The number of nitrogens with zero attached hydrogens (tertiary/aromatic N) is 2. The Kier molecular flexibility index (Phi) is 11.3. The molecule has 2 aliphatic rings. The minimum atomic E-state index is -0.553. The van der Waals surface area contributed by atoms with E-state index in [-0.39, 0.29) is 0 Å². The molecule has 0 bridgehead atoms. The molecule has 16 rings (SSSR count). The Morgan fingerprint density at radius 3 is 0.869 bits per heavy atom. The summed E-state index contributed by atoms with van der Waals surface area (Å²) in [7, 11) is 0. The lowest BCUT2D eigenvalue weighted by molar-refractivity contribution is 0.767.